The average molecular weight is 295 g/mol. The number of hydrogen-bond donors (Lipinski definition) is 0. The molecule has 20 heavy (non-hydrogen) atoms. The average Bonchev–Trinajstić information content (AvgIpc) is 2.47. The Morgan fingerprint density at radius 1 is 1.30 bits per heavy atom. The molecule has 2 rings (SSSR count). The third kappa shape index (κ3) is 3.45. The predicted octanol–water partition coefficient (Wildman–Crippen LogP) is 0.994. The van der Waals surface area contributed by atoms with Crippen molar-refractivity contribution in [3.63, 3.8) is 0 Å². The van der Waals surface area contributed by atoms with Crippen LogP contribution >= 0.6 is 0 Å². The van der Waals surface area contributed by atoms with Gasteiger partial charge in [0, 0.05) is 25.9 Å². The summed E-state index contributed by atoms with van der Waals surface area (Å²) in [5.74, 6) is 0.447. The minimum Gasteiger partial charge on any atom is -0.495 e. The SMILES string of the molecule is COc1ccccc1S(=O)CC(=O)N1CCC(=O)CC1. The smallest absolute Gasteiger partial charge is 0.235 e. The number of likely N-dealkylation sites (tertiary alicyclic amines) is 1. The molecule has 0 aromatic heterocycles. The summed E-state index contributed by atoms with van der Waals surface area (Å²) >= 11 is 0. The number of amides is 1. The molecule has 0 N–H and O–H groups in total. The van der Waals surface area contributed by atoms with Gasteiger partial charge in [0.1, 0.15) is 17.3 Å². The second kappa shape index (κ2) is 6.65. The van der Waals surface area contributed by atoms with E-state index in [0.29, 0.717) is 36.6 Å². The zero-order valence-corrected chi connectivity index (χ0v) is 12.1. The topological polar surface area (TPSA) is 63.7 Å². The summed E-state index contributed by atoms with van der Waals surface area (Å²) in [5, 5.41) is 0. The standard InChI is InChI=1S/C14H17NO4S/c1-19-12-4-2-3-5-13(12)20(18)10-14(17)15-8-6-11(16)7-9-15/h2-5H,6-10H2,1H3. The first kappa shape index (κ1) is 14.7. The number of rotatable bonds is 4. The summed E-state index contributed by atoms with van der Waals surface area (Å²) in [6.45, 7) is 0.863. The van der Waals surface area contributed by atoms with Crippen LogP contribution in [0.1, 0.15) is 12.8 Å². The minimum atomic E-state index is -1.44. The summed E-state index contributed by atoms with van der Waals surface area (Å²) in [7, 11) is 0.0715. The number of carbonyl (C=O) groups excluding carboxylic acids is 2. The fraction of sp³-hybridized carbons (Fsp3) is 0.429. The van der Waals surface area contributed by atoms with Crippen LogP contribution in [0, 0.1) is 0 Å². The van der Waals surface area contributed by atoms with Crippen molar-refractivity contribution >= 4 is 22.5 Å². The van der Waals surface area contributed by atoms with Crippen LogP contribution < -0.4 is 4.74 Å². The van der Waals surface area contributed by atoms with E-state index in [0.717, 1.165) is 0 Å². The van der Waals surface area contributed by atoms with E-state index in [1.54, 1.807) is 29.2 Å². The largest absolute Gasteiger partial charge is 0.495 e. The fourth-order valence-electron chi connectivity index (χ4n) is 2.09. The van der Waals surface area contributed by atoms with Gasteiger partial charge in [-0.15, -0.1) is 0 Å². The molecular formula is C14H17NO4S. The number of Topliss-reactive ketones (excluding diaryl/α,β-unsaturated/α-hetero) is 1. The Kier molecular flexibility index (Phi) is 4.89. The van der Waals surface area contributed by atoms with Crippen molar-refractivity contribution in [3.8, 4) is 5.75 Å². The van der Waals surface area contributed by atoms with E-state index in [9.17, 15) is 13.8 Å². The van der Waals surface area contributed by atoms with Crippen LogP contribution in [0.4, 0.5) is 0 Å². The highest BCUT2D eigenvalue weighted by Gasteiger charge is 2.23. The van der Waals surface area contributed by atoms with Gasteiger partial charge in [-0.05, 0) is 12.1 Å². The molecular weight excluding hydrogens is 278 g/mol. The third-order valence-electron chi connectivity index (χ3n) is 3.24. The molecule has 1 aromatic rings. The zero-order valence-electron chi connectivity index (χ0n) is 11.3. The van der Waals surface area contributed by atoms with Crippen molar-refractivity contribution < 1.29 is 18.5 Å². The molecule has 108 valence electrons. The molecule has 1 atom stereocenters. The normalized spacial score (nSPS) is 16.9. The Morgan fingerprint density at radius 2 is 1.95 bits per heavy atom. The van der Waals surface area contributed by atoms with Crippen LogP contribution in [-0.2, 0) is 20.4 Å². The lowest BCUT2D eigenvalue weighted by Crippen LogP contribution is -2.40. The monoisotopic (exact) mass is 295 g/mol. The van der Waals surface area contributed by atoms with Crippen molar-refractivity contribution in [2.45, 2.75) is 17.7 Å². The number of methoxy groups -OCH3 is 1. The van der Waals surface area contributed by atoms with E-state index in [2.05, 4.69) is 0 Å². The van der Waals surface area contributed by atoms with Gasteiger partial charge in [0.25, 0.3) is 0 Å². The molecule has 1 aromatic carbocycles. The maximum Gasteiger partial charge on any atom is 0.235 e. The van der Waals surface area contributed by atoms with Crippen LogP contribution in [0.3, 0.4) is 0 Å². The molecule has 1 unspecified atom stereocenters. The molecule has 5 nitrogen and oxygen atoms in total. The summed E-state index contributed by atoms with van der Waals surface area (Å²) in [6.07, 6.45) is 0.792. The van der Waals surface area contributed by atoms with Gasteiger partial charge in [0.15, 0.2) is 0 Å². The number of benzene rings is 1. The molecule has 1 fully saturated rings. The minimum absolute atomic E-state index is 0.0748. The van der Waals surface area contributed by atoms with E-state index >= 15 is 0 Å². The van der Waals surface area contributed by atoms with E-state index < -0.39 is 10.8 Å². The Balaban J connectivity index is 2.00. The molecule has 0 bridgehead atoms. The van der Waals surface area contributed by atoms with E-state index in [1.165, 1.54) is 7.11 Å². The molecule has 0 radical (unpaired) electrons. The first-order chi connectivity index (χ1) is 9.61. The van der Waals surface area contributed by atoms with Gasteiger partial charge < -0.3 is 9.64 Å². The Hall–Kier alpha value is -1.69. The molecule has 6 heteroatoms. The lowest BCUT2D eigenvalue weighted by atomic mass is 10.1. The van der Waals surface area contributed by atoms with Gasteiger partial charge in [-0.2, -0.15) is 0 Å². The van der Waals surface area contributed by atoms with Crippen molar-refractivity contribution in [3.05, 3.63) is 24.3 Å². The Morgan fingerprint density at radius 3 is 2.60 bits per heavy atom. The van der Waals surface area contributed by atoms with E-state index in [4.69, 9.17) is 4.74 Å². The summed E-state index contributed by atoms with van der Waals surface area (Å²) in [6, 6.07) is 6.97. The van der Waals surface area contributed by atoms with Crippen LogP contribution in [0.5, 0.6) is 5.75 Å². The second-order valence-electron chi connectivity index (χ2n) is 4.56. The lowest BCUT2D eigenvalue weighted by Gasteiger charge is -2.25. The number of ether oxygens (including phenoxy) is 1. The number of nitrogens with zero attached hydrogens (tertiary/aromatic N) is 1. The van der Waals surface area contributed by atoms with Gasteiger partial charge in [0.05, 0.1) is 22.8 Å². The molecule has 1 aliphatic heterocycles. The van der Waals surface area contributed by atoms with E-state index in [-0.39, 0.29) is 17.4 Å². The number of ketones is 1. The molecule has 0 aliphatic carbocycles. The predicted molar refractivity (Wildman–Crippen MR) is 75.1 cm³/mol. The van der Waals surface area contributed by atoms with Crippen molar-refractivity contribution in [1.29, 1.82) is 0 Å². The molecule has 1 saturated heterocycles. The third-order valence-corrected chi connectivity index (χ3v) is 4.58. The number of hydrogen-bond acceptors (Lipinski definition) is 4. The first-order valence-electron chi connectivity index (χ1n) is 6.42. The van der Waals surface area contributed by atoms with Crippen molar-refractivity contribution in [2.24, 2.45) is 0 Å². The van der Waals surface area contributed by atoms with Crippen LogP contribution in [0.15, 0.2) is 29.2 Å². The molecule has 1 aliphatic rings. The number of piperidine rings is 1. The van der Waals surface area contributed by atoms with Gasteiger partial charge in [0.2, 0.25) is 5.91 Å². The van der Waals surface area contributed by atoms with Gasteiger partial charge >= 0.3 is 0 Å². The maximum atomic E-state index is 12.3. The summed E-state index contributed by atoms with van der Waals surface area (Å²) in [5.41, 5.74) is 0. The Bertz CT molecular complexity index is 534. The lowest BCUT2D eigenvalue weighted by molar-refractivity contribution is -0.132. The molecule has 1 heterocycles. The zero-order chi connectivity index (χ0) is 14.5. The maximum absolute atomic E-state index is 12.3. The van der Waals surface area contributed by atoms with Crippen LogP contribution in [-0.4, -0.2) is 46.8 Å². The van der Waals surface area contributed by atoms with Crippen molar-refractivity contribution in [1.82, 2.24) is 4.90 Å². The molecule has 0 spiro atoms. The second-order valence-corrected chi connectivity index (χ2v) is 5.98. The van der Waals surface area contributed by atoms with Gasteiger partial charge in [-0.3, -0.25) is 13.8 Å². The van der Waals surface area contributed by atoms with Crippen molar-refractivity contribution in [2.75, 3.05) is 26.0 Å². The Labute approximate surface area is 120 Å². The quantitative estimate of drug-likeness (QED) is 0.831. The first-order valence-corrected chi connectivity index (χ1v) is 7.74. The van der Waals surface area contributed by atoms with Crippen LogP contribution in [0.25, 0.3) is 0 Å². The summed E-state index contributed by atoms with van der Waals surface area (Å²) < 4.78 is 17.4. The van der Waals surface area contributed by atoms with Crippen LogP contribution in [0.2, 0.25) is 0 Å². The van der Waals surface area contributed by atoms with Gasteiger partial charge in [-0.1, -0.05) is 12.1 Å². The molecule has 0 saturated carbocycles. The fourth-order valence-corrected chi connectivity index (χ4v) is 3.26. The highest BCUT2D eigenvalue weighted by molar-refractivity contribution is 7.85. The van der Waals surface area contributed by atoms with Gasteiger partial charge in [-0.25, -0.2) is 0 Å². The van der Waals surface area contributed by atoms with E-state index in [1.807, 2.05) is 0 Å². The highest BCUT2D eigenvalue weighted by Crippen LogP contribution is 2.21. The highest BCUT2D eigenvalue weighted by atomic mass is 32.2. The number of para-hydroxylation sites is 1. The number of carbonyl (C=O) groups is 2. The summed E-state index contributed by atoms with van der Waals surface area (Å²) in [4.78, 5) is 25.3. The molecule has 1 amide bonds.